The molecule has 1 N–H and O–H groups in total. The number of hydrogen-bond acceptors (Lipinski definition) is 2. The molecule has 0 aromatic carbocycles. The smallest absolute Gasteiger partial charge is 0.381 e. The van der Waals surface area contributed by atoms with Crippen molar-refractivity contribution in [2.24, 2.45) is 5.92 Å². The van der Waals surface area contributed by atoms with Crippen molar-refractivity contribution in [1.29, 1.82) is 0 Å². The van der Waals surface area contributed by atoms with Gasteiger partial charge >= 0.3 is 6.18 Å². The second-order valence-electron chi connectivity index (χ2n) is 3.30. The highest BCUT2D eigenvalue weighted by molar-refractivity contribution is 4.67. The summed E-state index contributed by atoms with van der Waals surface area (Å²) in [5.74, 6) is 0.397. The van der Waals surface area contributed by atoms with Crippen LogP contribution in [0.4, 0.5) is 13.2 Å². The van der Waals surface area contributed by atoms with E-state index in [1.54, 1.807) is 0 Å². The molecule has 0 aromatic rings. The van der Waals surface area contributed by atoms with E-state index < -0.39 is 12.6 Å². The van der Waals surface area contributed by atoms with Crippen LogP contribution in [0.3, 0.4) is 0 Å². The number of nitrogens with one attached hydrogen (secondary N) is 1. The fourth-order valence-electron chi connectivity index (χ4n) is 1.28. The minimum atomic E-state index is -4.04. The Hall–Kier alpha value is -0.290. The first-order valence-corrected chi connectivity index (χ1v) is 4.43. The second-order valence-corrected chi connectivity index (χ2v) is 3.30. The van der Waals surface area contributed by atoms with Crippen LogP contribution in [0.5, 0.6) is 0 Å². The number of alkyl halides is 3. The largest absolute Gasteiger partial charge is 0.390 e. The Kier molecular flexibility index (Phi) is 3.99. The van der Waals surface area contributed by atoms with E-state index in [1.165, 1.54) is 0 Å². The van der Waals surface area contributed by atoms with Crippen LogP contribution in [0.1, 0.15) is 12.8 Å². The van der Waals surface area contributed by atoms with Crippen molar-refractivity contribution in [2.45, 2.75) is 19.0 Å². The molecule has 0 spiro atoms. The summed E-state index contributed by atoms with van der Waals surface area (Å²) in [7, 11) is 0. The molecule has 5 heteroatoms. The predicted molar refractivity (Wildman–Crippen MR) is 42.5 cm³/mol. The zero-order chi connectivity index (χ0) is 9.73. The van der Waals surface area contributed by atoms with Crippen LogP contribution in [-0.4, -0.2) is 32.5 Å². The van der Waals surface area contributed by atoms with E-state index in [4.69, 9.17) is 4.74 Å². The SMILES string of the molecule is FC(F)(F)CCNCC1CCOC1. The summed E-state index contributed by atoms with van der Waals surface area (Å²) in [6.45, 7) is 2.07. The average Bonchev–Trinajstić information content (AvgIpc) is 2.48. The summed E-state index contributed by atoms with van der Waals surface area (Å²) in [6.07, 6.45) is -3.83. The zero-order valence-electron chi connectivity index (χ0n) is 7.36. The molecule has 78 valence electrons. The quantitative estimate of drug-likeness (QED) is 0.690. The van der Waals surface area contributed by atoms with Crippen molar-refractivity contribution >= 4 is 0 Å². The lowest BCUT2D eigenvalue weighted by Crippen LogP contribution is -2.27. The molecule has 1 atom stereocenters. The van der Waals surface area contributed by atoms with Gasteiger partial charge in [-0.2, -0.15) is 13.2 Å². The molecule has 2 nitrogen and oxygen atoms in total. The molecule has 1 aliphatic heterocycles. The highest BCUT2D eigenvalue weighted by Gasteiger charge is 2.26. The van der Waals surface area contributed by atoms with Crippen molar-refractivity contribution in [3.63, 3.8) is 0 Å². The molecule has 1 aliphatic rings. The van der Waals surface area contributed by atoms with Crippen molar-refractivity contribution in [3.05, 3.63) is 0 Å². The van der Waals surface area contributed by atoms with Gasteiger partial charge in [0.25, 0.3) is 0 Å². The number of hydrogen-bond donors (Lipinski definition) is 1. The minimum Gasteiger partial charge on any atom is -0.381 e. The Bertz CT molecular complexity index is 143. The molecule has 1 heterocycles. The maximum atomic E-state index is 11.7. The molecule has 1 fully saturated rings. The third-order valence-corrected chi connectivity index (χ3v) is 2.04. The molecule has 1 saturated heterocycles. The predicted octanol–water partition coefficient (Wildman–Crippen LogP) is 1.56. The summed E-state index contributed by atoms with van der Waals surface area (Å²) < 4.78 is 40.2. The van der Waals surface area contributed by atoms with E-state index in [0.717, 1.165) is 13.0 Å². The lowest BCUT2D eigenvalue weighted by molar-refractivity contribution is -0.133. The minimum absolute atomic E-state index is 0.0139. The van der Waals surface area contributed by atoms with Gasteiger partial charge in [0, 0.05) is 19.7 Å². The first kappa shape index (κ1) is 10.8. The van der Waals surface area contributed by atoms with Gasteiger partial charge in [-0.15, -0.1) is 0 Å². The third kappa shape index (κ3) is 5.10. The zero-order valence-corrected chi connectivity index (χ0v) is 7.36. The topological polar surface area (TPSA) is 21.3 Å². The fourth-order valence-corrected chi connectivity index (χ4v) is 1.28. The molecule has 0 saturated carbocycles. The van der Waals surface area contributed by atoms with Gasteiger partial charge in [0.05, 0.1) is 13.0 Å². The van der Waals surface area contributed by atoms with Crippen LogP contribution in [0, 0.1) is 5.92 Å². The molecule has 0 aliphatic carbocycles. The van der Waals surface area contributed by atoms with Gasteiger partial charge in [0.2, 0.25) is 0 Å². The van der Waals surface area contributed by atoms with Gasteiger partial charge < -0.3 is 10.1 Å². The monoisotopic (exact) mass is 197 g/mol. The molecule has 1 unspecified atom stereocenters. The maximum absolute atomic E-state index is 11.7. The van der Waals surface area contributed by atoms with E-state index in [9.17, 15) is 13.2 Å². The lowest BCUT2D eigenvalue weighted by Gasteiger charge is -2.10. The number of rotatable bonds is 4. The van der Waals surface area contributed by atoms with Crippen molar-refractivity contribution < 1.29 is 17.9 Å². The highest BCUT2D eigenvalue weighted by atomic mass is 19.4. The standard InChI is InChI=1S/C8H14F3NO/c9-8(10,11)2-3-12-5-7-1-4-13-6-7/h7,12H,1-6H2. The molecule has 0 bridgehead atoms. The van der Waals surface area contributed by atoms with Gasteiger partial charge in [0.15, 0.2) is 0 Å². The van der Waals surface area contributed by atoms with Gasteiger partial charge in [-0.05, 0) is 12.3 Å². The molecule has 0 radical (unpaired) electrons. The molecular weight excluding hydrogens is 183 g/mol. The summed E-state index contributed by atoms with van der Waals surface area (Å²) in [4.78, 5) is 0. The van der Waals surface area contributed by atoms with Crippen LogP contribution in [-0.2, 0) is 4.74 Å². The highest BCUT2D eigenvalue weighted by Crippen LogP contribution is 2.18. The van der Waals surface area contributed by atoms with E-state index in [0.29, 0.717) is 19.1 Å². The Balaban J connectivity index is 1.94. The van der Waals surface area contributed by atoms with Gasteiger partial charge in [-0.25, -0.2) is 0 Å². The van der Waals surface area contributed by atoms with E-state index >= 15 is 0 Å². The second kappa shape index (κ2) is 4.81. The normalized spacial score (nSPS) is 23.8. The van der Waals surface area contributed by atoms with E-state index in [1.807, 2.05) is 0 Å². The van der Waals surface area contributed by atoms with Crippen LogP contribution in [0.25, 0.3) is 0 Å². The molecule has 13 heavy (non-hydrogen) atoms. The van der Waals surface area contributed by atoms with Gasteiger partial charge in [-0.3, -0.25) is 0 Å². The maximum Gasteiger partial charge on any atom is 0.390 e. The Labute approximate surface area is 75.4 Å². The van der Waals surface area contributed by atoms with E-state index in [-0.39, 0.29) is 6.54 Å². The Morgan fingerprint density at radius 3 is 2.69 bits per heavy atom. The summed E-state index contributed by atoms with van der Waals surface area (Å²) in [5.41, 5.74) is 0. The lowest BCUT2D eigenvalue weighted by atomic mass is 10.1. The first-order valence-electron chi connectivity index (χ1n) is 4.43. The fraction of sp³-hybridized carbons (Fsp3) is 1.00. The Morgan fingerprint density at radius 2 is 2.15 bits per heavy atom. The van der Waals surface area contributed by atoms with Crippen LogP contribution >= 0.6 is 0 Å². The van der Waals surface area contributed by atoms with Crippen molar-refractivity contribution in [2.75, 3.05) is 26.3 Å². The van der Waals surface area contributed by atoms with Crippen molar-refractivity contribution in [3.8, 4) is 0 Å². The summed E-state index contributed by atoms with van der Waals surface area (Å²) in [5, 5.41) is 2.78. The molecule has 0 aromatic heterocycles. The summed E-state index contributed by atoms with van der Waals surface area (Å²) in [6, 6.07) is 0. The first-order chi connectivity index (χ1) is 6.08. The Morgan fingerprint density at radius 1 is 1.38 bits per heavy atom. The molecular formula is C8H14F3NO. The summed E-state index contributed by atoms with van der Waals surface area (Å²) >= 11 is 0. The van der Waals surface area contributed by atoms with Crippen LogP contribution in [0.2, 0.25) is 0 Å². The van der Waals surface area contributed by atoms with Crippen LogP contribution in [0.15, 0.2) is 0 Å². The number of halogens is 3. The van der Waals surface area contributed by atoms with Gasteiger partial charge in [0.1, 0.15) is 0 Å². The number of ether oxygens (including phenoxy) is 1. The van der Waals surface area contributed by atoms with Gasteiger partial charge in [-0.1, -0.05) is 0 Å². The average molecular weight is 197 g/mol. The van der Waals surface area contributed by atoms with Crippen molar-refractivity contribution in [1.82, 2.24) is 5.32 Å². The third-order valence-electron chi connectivity index (χ3n) is 2.04. The van der Waals surface area contributed by atoms with Crippen LogP contribution < -0.4 is 5.32 Å². The van der Waals surface area contributed by atoms with E-state index in [2.05, 4.69) is 5.32 Å². The molecule has 1 rings (SSSR count). The molecule has 0 amide bonds.